The number of nitrogens with zero attached hydrogens (tertiary/aromatic N) is 1. The molecule has 2 heterocycles. The summed E-state index contributed by atoms with van der Waals surface area (Å²) < 4.78 is 6.05. The van der Waals surface area contributed by atoms with E-state index in [1.54, 1.807) is 23.3 Å². The molecule has 19 heavy (non-hydrogen) atoms. The van der Waals surface area contributed by atoms with E-state index in [1.807, 2.05) is 36.6 Å². The summed E-state index contributed by atoms with van der Waals surface area (Å²) in [5.41, 5.74) is 0. The number of urea groups is 1. The predicted molar refractivity (Wildman–Crippen MR) is 79.1 cm³/mol. The first-order chi connectivity index (χ1) is 9.06. The molecule has 0 fully saturated rings. The summed E-state index contributed by atoms with van der Waals surface area (Å²) >= 11 is 4.88. The summed E-state index contributed by atoms with van der Waals surface area (Å²) in [6, 6.07) is 7.55. The quantitative estimate of drug-likeness (QED) is 0.912. The van der Waals surface area contributed by atoms with Gasteiger partial charge in [0.2, 0.25) is 0 Å². The maximum atomic E-state index is 12.0. The van der Waals surface area contributed by atoms with E-state index in [9.17, 15) is 4.79 Å². The second-order valence-corrected chi connectivity index (χ2v) is 6.01. The van der Waals surface area contributed by atoms with Gasteiger partial charge in [0.1, 0.15) is 5.76 Å². The fourth-order valence-corrected chi connectivity index (χ4v) is 2.72. The second kappa shape index (κ2) is 6.25. The number of hydrogen-bond donors (Lipinski definition) is 1. The maximum Gasteiger partial charge on any atom is 0.318 e. The standard InChI is InChI=1S/C13H15BrN2O2S/c1-9(11-4-3-7-19-11)15-13(17)16(2)8-10-5-6-12(14)18-10/h3-7,9H,8H2,1-2H3,(H,15,17)/t9-/m1/s1. The normalized spacial score (nSPS) is 12.2. The minimum absolute atomic E-state index is 0.0123. The largest absolute Gasteiger partial charge is 0.452 e. The third kappa shape index (κ3) is 3.84. The van der Waals surface area contributed by atoms with E-state index in [-0.39, 0.29) is 12.1 Å². The van der Waals surface area contributed by atoms with E-state index < -0.39 is 0 Å². The van der Waals surface area contributed by atoms with Gasteiger partial charge in [-0.3, -0.25) is 0 Å². The summed E-state index contributed by atoms with van der Waals surface area (Å²) in [6.45, 7) is 2.41. The molecule has 0 aliphatic rings. The molecule has 0 radical (unpaired) electrons. The van der Waals surface area contributed by atoms with Crippen molar-refractivity contribution in [1.82, 2.24) is 10.2 Å². The highest BCUT2D eigenvalue weighted by molar-refractivity contribution is 9.10. The van der Waals surface area contributed by atoms with Crippen LogP contribution in [0, 0.1) is 0 Å². The summed E-state index contributed by atoms with van der Waals surface area (Å²) in [5.74, 6) is 0.744. The molecule has 102 valence electrons. The Hall–Kier alpha value is -1.27. The molecular weight excluding hydrogens is 328 g/mol. The van der Waals surface area contributed by atoms with Crippen LogP contribution < -0.4 is 5.32 Å². The van der Waals surface area contributed by atoms with Crippen LogP contribution in [0.1, 0.15) is 23.6 Å². The number of furan rings is 1. The first-order valence-corrected chi connectivity index (χ1v) is 7.53. The van der Waals surface area contributed by atoms with Crippen LogP contribution in [0.25, 0.3) is 0 Å². The van der Waals surface area contributed by atoms with Gasteiger partial charge in [0, 0.05) is 11.9 Å². The molecule has 0 aromatic carbocycles. The van der Waals surface area contributed by atoms with Crippen LogP contribution in [-0.2, 0) is 6.54 Å². The molecule has 6 heteroatoms. The minimum Gasteiger partial charge on any atom is -0.452 e. The van der Waals surface area contributed by atoms with Crippen molar-refractivity contribution in [3.63, 3.8) is 0 Å². The molecule has 0 saturated carbocycles. The molecule has 2 amide bonds. The number of rotatable bonds is 4. The molecule has 0 unspecified atom stereocenters. The lowest BCUT2D eigenvalue weighted by Crippen LogP contribution is -2.37. The number of nitrogens with one attached hydrogen (secondary N) is 1. The zero-order chi connectivity index (χ0) is 13.8. The second-order valence-electron chi connectivity index (χ2n) is 4.25. The monoisotopic (exact) mass is 342 g/mol. The molecule has 1 atom stereocenters. The van der Waals surface area contributed by atoms with Gasteiger partial charge in [-0.25, -0.2) is 4.79 Å². The van der Waals surface area contributed by atoms with Crippen molar-refractivity contribution in [2.24, 2.45) is 0 Å². The Bertz CT molecular complexity index is 539. The number of amides is 2. The molecule has 2 aromatic rings. The van der Waals surface area contributed by atoms with Gasteiger partial charge in [0.05, 0.1) is 12.6 Å². The van der Waals surface area contributed by atoms with E-state index in [2.05, 4.69) is 21.2 Å². The summed E-state index contributed by atoms with van der Waals surface area (Å²) in [6.07, 6.45) is 0. The Morgan fingerprint density at radius 1 is 1.53 bits per heavy atom. The molecule has 0 aliphatic carbocycles. The molecule has 1 N–H and O–H groups in total. The van der Waals surface area contributed by atoms with Gasteiger partial charge in [0.25, 0.3) is 0 Å². The van der Waals surface area contributed by atoms with Crippen LogP contribution in [0.15, 0.2) is 38.7 Å². The van der Waals surface area contributed by atoms with Crippen LogP contribution in [0.4, 0.5) is 4.79 Å². The third-order valence-electron chi connectivity index (χ3n) is 2.68. The maximum absolute atomic E-state index is 12.0. The van der Waals surface area contributed by atoms with Crippen molar-refractivity contribution in [3.8, 4) is 0 Å². The van der Waals surface area contributed by atoms with Crippen LogP contribution in [-0.4, -0.2) is 18.0 Å². The molecular formula is C13H15BrN2O2S. The Balaban J connectivity index is 1.89. The average Bonchev–Trinajstić information content (AvgIpc) is 3.00. The predicted octanol–water partition coefficient (Wildman–Crippen LogP) is 4.01. The fourth-order valence-electron chi connectivity index (χ4n) is 1.65. The topological polar surface area (TPSA) is 45.5 Å². The van der Waals surface area contributed by atoms with E-state index >= 15 is 0 Å². The number of thiophene rings is 1. The SMILES string of the molecule is C[C@@H](NC(=O)N(C)Cc1ccc(Br)o1)c1cccs1. The average molecular weight is 343 g/mol. The lowest BCUT2D eigenvalue weighted by atomic mass is 10.3. The summed E-state index contributed by atoms with van der Waals surface area (Å²) in [5, 5.41) is 4.96. The van der Waals surface area contributed by atoms with Gasteiger partial charge in [-0.2, -0.15) is 0 Å². The van der Waals surface area contributed by atoms with Crippen LogP contribution in [0.3, 0.4) is 0 Å². The smallest absolute Gasteiger partial charge is 0.318 e. The van der Waals surface area contributed by atoms with Gasteiger partial charge in [-0.1, -0.05) is 6.07 Å². The van der Waals surface area contributed by atoms with Gasteiger partial charge >= 0.3 is 6.03 Å². The van der Waals surface area contributed by atoms with Crippen molar-refractivity contribution < 1.29 is 9.21 Å². The van der Waals surface area contributed by atoms with Gasteiger partial charge in [0.15, 0.2) is 4.67 Å². The summed E-state index contributed by atoms with van der Waals surface area (Å²) in [4.78, 5) is 14.8. The highest BCUT2D eigenvalue weighted by atomic mass is 79.9. The first-order valence-electron chi connectivity index (χ1n) is 5.85. The number of carbonyl (C=O) groups is 1. The Morgan fingerprint density at radius 2 is 2.32 bits per heavy atom. The van der Waals surface area contributed by atoms with Crippen molar-refractivity contribution >= 4 is 33.3 Å². The molecule has 2 aromatic heterocycles. The highest BCUT2D eigenvalue weighted by Gasteiger charge is 2.15. The lowest BCUT2D eigenvalue weighted by molar-refractivity contribution is 0.199. The number of hydrogen-bond acceptors (Lipinski definition) is 3. The minimum atomic E-state index is -0.117. The first kappa shape index (κ1) is 14.1. The van der Waals surface area contributed by atoms with Gasteiger partial charge < -0.3 is 14.6 Å². The molecule has 0 aliphatic heterocycles. The molecule has 0 saturated heterocycles. The van der Waals surface area contributed by atoms with Crippen molar-refractivity contribution in [2.75, 3.05) is 7.05 Å². The lowest BCUT2D eigenvalue weighted by Gasteiger charge is -2.20. The Labute approximate surface area is 124 Å². The number of carbonyl (C=O) groups excluding carboxylic acids is 1. The number of halogens is 1. The van der Waals surface area contributed by atoms with Crippen molar-refractivity contribution in [2.45, 2.75) is 19.5 Å². The zero-order valence-electron chi connectivity index (χ0n) is 10.7. The van der Waals surface area contributed by atoms with Gasteiger partial charge in [-0.15, -0.1) is 11.3 Å². The van der Waals surface area contributed by atoms with Crippen LogP contribution in [0.2, 0.25) is 0 Å². The van der Waals surface area contributed by atoms with Crippen molar-refractivity contribution in [1.29, 1.82) is 0 Å². The van der Waals surface area contributed by atoms with Crippen LogP contribution in [0.5, 0.6) is 0 Å². The fraction of sp³-hybridized carbons (Fsp3) is 0.308. The van der Waals surface area contributed by atoms with E-state index in [0.29, 0.717) is 11.2 Å². The van der Waals surface area contributed by atoms with Gasteiger partial charge in [-0.05, 0) is 46.4 Å². The molecule has 0 bridgehead atoms. The van der Waals surface area contributed by atoms with Crippen molar-refractivity contribution in [3.05, 3.63) is 45.0 Å². The molecule has 0 spiro atoms. The third-order valence-corrected chi connectivity index (χ3v) is 4.16. The highest BCUT2D eigenvalue weighted by Crippen LogP contribution is 2.19. The zero-order valence-corrected chi connectivity index (χ0v) is 13.1. The molecule has 2 rings (SSSR count). The van der Waals surface area contributed by atoms with E-state index in [0.717, 1.165) is 10.6 Å². The Morgan fingerprint density at radius 3 is 2.89 bits per heavy atom. The Kier molecular flexibility index (Phi) is 4.66. The van der Waals surface area contributed by atoms with Crippen LogP contribution >= 0.6 is 27.3 Å². The summed E-state index contributed by atoms with van der Waals surface area (Å²) in [7, 11) is 1.74. The van der Waals surface area contributed by atoms with E-state index in [4.69, 9.17) is 4.42 Å². The van der Waals surface area contributed by atoms with E-state index in [1.165, 1.54) is 0 Å². The molecule has 4 nitrogen and oxygen atoms in total.